The lowest BCUT2D eigenvalue weighted by molar-refractivity contribution is 0.110. The molecule has 0 aromatic carbocycles. The lowest BCUT2D eigenvalue weighted by Crippen LogP contribution is -2.54. The van der Waals surface area contributed by atoms with Gasteiger partial charge in [-0.25, -0.2) is 17.9 Å². The Balaban J connectivity index is 1.87. The first-order valence-corrected chi connectivity index (χ1v) is 9.94. The van der Waals surface area contributed by atoms with E-state index in [-0.39, 0.29) is 30.8 Å². The van der Waals surface area contributed by atoms with Gasteiger partial charge in [0.15, 0.2) is 0 Å². The van der Waals surface area contributed by atoms with Crippen molar-refractivity contribution in [2.24, 2.45) is 0 Å². The molecule has 2 amide bonds. The van der Waals surface area contributed by atoms with Crippen molar-refractivity contribution >= 4 is 16.1 Å². The average Bonchev–Trinajstić information content (AvgIpc) is 2.47. The van der Waals surface area contributed by atoms with Crippen LogP contribution in [0.3, 0.4) is 0 Å². The van der Waals surface area contributed by atoms with Crippen molar-refractivity contribution in [3.05, 3.63) is 0 Å². The summed E-state index contributed by atoms with van der Waals surface area (Å²) in [5.74, 6) is 0. The third kappa shape index (κ3) is 5.40. The van der Waals surface area contributed by atoms with Crippen LogP contribution in [0.5, 0.6) is 0 Å². The third-order valence-corrected chi connectivity index (χ3v) is 5.18. The van der Waals surface area contributed by atoms with Gasteiger partial charge in [0.2, 0.25) is 10.0 Å². The van der Waals surface area contributed by atoms with E-state index in [1.54, 1.807) is 4.90 Å². The molecule has 1 aliphatic heterocycles. The van der Waals surface area contributed by atoms with Crippen molar-refractivity contribution in [1.29, 1.82) is 0 Å². The molecule has 7 nitrogen and oxygen atoms in total. The highest BCUT2D eigenvalue weighted by molar-refractivity contribution is 7.88. The molecule has 2 rings (SSSR count). The standard InChI is InChI=1S/C14H27N3O4S/c1-22(20,21)15-10-12-4-2-3-9-17(12)14(19)16-11-5-7-13(18)8-6-11/h11-13,15,18H,2-10H2,1H3,(H,16,19). The molecule has 2 aliphatic rings. The number of rotatable bonds is 4. The van der Waals surface area contributed by atoms with Gasteiger partial charge in [-0.15, -0.1) is 0 Å². The number of hydrogen-bond acceptors (Lipinski definition) is 4. The van der Waals surface area contributed by atoms with E-state index in [9.17, 15) is 18.3 Å². The van der Waals surface area contributed by atoms with Crippen molar-refractivity contribution in [2.75, 3.05) is 19.3 Å². The molecule has 1 unspecified atom stereocenters. The van der Waals surface area contributed by atoms with Crippen molar-refractivity contribution in [3.8, 4) is 0 Å². The molecule has 1 atom stereocenters. The van der Waals surface area contributed by atoms with Crippen LogP contribution in [0.1, 0.15) is 44.9 Å². The summed E-state index contributed by atoms with van der Waals surface area (Å²) in [6.07, 6.45) is 6.72. The molecule has 0 aromatic heterocycles. The molecule has 128 valence electrons. The number of aliphatic hydroxyl groups is 1. The highest BCUT2D eigenvalue weighted by Gasteiger charge is 2.29. The maximum Gasteiger partial charge on any atom is 0.317 e. The molecular weight excluding hydrogens is 306 g/mol. The van der Waals surface area contributed by atoms with E-state index in [1.165, 1.54) is 0 Å². The smallest absolute Gasteiger partial charge is 0.317 e. The quantitative estimate of drug-likeness (QED) is 0.693. The fourth-order valence-corrected chi connectivity index (χ4v) is 3.70. The molecule has 8 heteroatoms. The lowest BCUT2D eigenvalue weighted by Gasteiger charge is -2.37. The molecule has 1 aliphatic carbocycles. The van der Waals surface area contributed by atoms with Gasteiger partial charge < -0.3 is 15.3 Å². The van der Waals surface area contributed by atoms with Gasteiger partial charge in [-0.1, -0.05) is 0 Å². The van der Waals surface area contributed by atoms with E-state index in [2.05, 4.69) is 10.0 Å². The summed E-state index contributed by atoms with van der Waals surface area (Å²) >= 11 is 0. The second-order valence-corrected chi connectivity index (χ2v) is 8.25. The van der Waals surface area contributed by atoms with E-state index >= 15 is 0 Å². The third-order valence-electron chi connectivity index (χ3n) is 4.49. The number of likely N-dealkylation sites (tertiary alicyclic amines) is 1. The topological polar surface area (TPSA) is 98.7 Å². The minimum atomic E-state index is -3.24. The van der Waals surface area contributed by atoms with Gasteiger partial charge in [0.25, 0.3) is 0 Å². The zero-order valence-electron chi connectivity index (χ0n) is 13.1. The summed E-state index contributed by atoms with van der Waals surface area (Å²) < 4.78 is 25.0. The summed E-state index contributed by atoms with van der Waals surface area (Å²) in [4.78, 5) is 14.2. The average molecular weight is 333 g/mol. The van der Waals surface area contributed by atoms with Gasteiger partial charge in [0.05, 0.1) is 12.4 Å². The molecule has 0 radical (unpaired) electrons. The van der Waals surface area contributed by atoms with Crippen molar-refractivity contribution in [3.63, 3.8) is 0 Å². The highest BCUT2D eigenvalue weighted by Crippen LogP contribution is 2.20. The summed E-state index contributed by atoms with van der Waals surface area (Å²) in [7, 11) is -3.24. The molecule has 1 heterocycles. The summed E-state index contributed by atoms with van der Waals surface area (Å²) in [5.41, 5.74) is 0. The Kier molecular flexibility index (Phi) is 6.05. The molecule has 0 spiro atoms. The van der Waals surface area contributed by atoms with Crippen LogP contribution in [0, 0.1) is 0 Å². The van der Waals surface area contributed by atoms with E-state index in [1.807, 2.05) is 0 Å². The van der Waals surface area contributed by atoms with Gasteiger partial charge in [-0.3, -0.25) is 0 Å². The second kappa shape index (κ2) is 7.61. The zero-order valence-corrected chi connectivity index (χ0v) is 13.9. The van der Waals surface area contributed by atoms with Crippen LogP contribution in [-0.2, 0) is 10.0 Å². The van der Waals surface area contributed by atoms with Crippen LogP contribution in [0.2, 0.25) is 0 Å². The monoisotopic (exact) mass is 333 g/mol. The van der Waals surface area contributed by atoms with Gasteiger partial charge in [-0.2, -0.15) is 0 Å². The van der Waals surface area contributed by atoms with E-state index in [0.717, 1.165) is 51.2 Å². The maximum atomic E-state index is 12.5. The van der Waals surface area contributed by atoms with E-state index in [4.69, 9.17) is 0 Å². The molecule has 1 saturated heterocycles. The van der Waals surface area contributed by atoms with Gasteiger partial charge in [0, 0.05) is 25.2 Å². The van der Waals surface area contributed by atoms with Gasteiger partial charge in [-0.05, 0) is 44.9 Å². The Morgan fingerprint density at radius 3 is 2.50 bits per heavy atom. The first-order chi connectivity index (χ1) is 10.3. The Labute approximate surface area is 132 Å². The molecule has 0 aromatic rings. The van der Waals surface area contributed by atoms with E-state index in [0.29, 0.717) is 6.54 Å². The van der Waals surface area contributed by atoms with Gasteiger partial charge in [0.1, 0.15) is 0 Å². The minimum absolute atomic E-state index is 0.0855. The lowest BCUT2D eigenvalue weighted by atomic mass is 9.93. The molecule has 2 fully saturated rings. The number of carbonyl (C=O) groups excluding carboxylic acids is 1. The number of sulfonamides is 1. The summed E-state index contributed by atoms with van der Waals surface area (Å²) in [6.45, 7) is 0.937. The number of piperidine rings is 1. The number of hydrogen-bond donors (Lipinski definition) is 3. The summed E-state index contributed by atoms with van der Waals surface area (Å²) in [6, 6.07) is -0.0830. The summed E-state index contributed by atoms with van der Waals surface area (Å²) in [5, 5.41) is 12.5. The highest BCUT2D eigenvalue weighted by atomic mass is 32.2. The predicted octanol–water partition coefficient (Wildman–Crippen LogP) is 0.403. The number of nitrogens with zero attached hydrogens (tertiary/aromatic N) is 1. The first-order valence-electron chi connectivity index (χ1n) is 8.05. The van der Waals surface area contributed by atoms with Crippen molar-refractivity contribution in [1.82, 2.24) is 14.9 Å². The number of urea groups is 1. The Morgan fingerprint density at radius 1 is 1.18 bits per heavy atom. The maximum absolute atomic E-state index is 12.5. The van der Waals surface area contributed by atoms with Crippen LogP contribution >= 0.6 is 0 Å². The molecule has 0 bridgehead atoms. The normalized spacial score (nSPS) is 30.1. The van der Waals surface area contributed by atoms with Crippen LogP contribution in [0.15, 0.2) is 0 Å². The first kappa shape index (κ1) is 17.5. The van der Waals surface area contributed by atoms with Crippen LogP contribution in [0.4, 0.5) is 4.79 Å². The van der Waals surface area contributed by atoms with Crippen LogP contribution in [0.25, 0.3) is 0 Å². The number of aliphatic hydroxyl groups excluding tert-OH is 1. The molecule has 1 saturated carbocycles. The number of carbonyl (C=O) groups is 1. The van der Waals surface area contributed by atoms with Crippen molar-refractivity contribution in [2.45, 2.75) is 63.1 Å². The minimum Gasteiger partial charge on any atom is -0.393 e. The van der Waals surface area contributed by atoms with Crippen LogP contribution in [-0.4, -0.2) is 62.0 Å². The van der Waals surface area contributed by atoms with E-state index < -0.39 is 10.0 Å². The number of nitrogens with one attached hydrogen (secondary N) is 2. The molecule has 22 heavy (non-hydrogen) atoms. The Hall–Kier alpha value is -0.860. The predicted molar refractivity (Wildman–Crippen MR) is 84.0 cm³/mol. The Bertz CT molecular complexity index is 474. The number of amides is 2. The Morgan fingerprint density at radius 2 is 1.86 bits per heavy atom. The molecule has 3 N–H and O–H groups in total. The van der Waals surface area contributed by atoms with Gasteiger partial charge >= 0.3 is 6.03 Å². The fourth-order valence-electron chi connectivity index (χ4n) is 3.21. The second-order valence-electron chi connectivity index (χ2n) is 6.42. The largest absolute Gasteiger partial charge is 0.393 e. The fraction of sp³-hybridized carbons (Fsp3) is 0.929. The van der Waals surface area contributed by atoms with Crippen molar-refractivity contribution < 1.29 is 18.3 Å². The molecular formula is C14H27N3O4S. The SMILES string of the molecule is CS(=O)(=O)NCC1CCCCN1C(=O)NC1CCC(O)CC1. The van der Waals surface area contributed by atoms with Crippen LogP contribution < -0.4 is 10.0 Å². The zero-order chi connectivity index (χ0) is 16.2.